The van der Waals surface area contributed by atoms with E-state index in [2.05, 4.69) is 26.9 Å². The number of amides is 1. The highest BCUT2D eigenvalue weighted by atomic mass is 16.3. The monoisotopic (exact) mass is 269 g/mol. The zero-order valence-corrected chi connectivity index (χ0v) is 10.1. The summed E-state index contributed by atoms with van der Waals surface area (Å²) in [7, 11) is 0. The molecule has 1 unspecified atom stereocenters. The van der Waals surface area contributed by atoms with Crippen LogP contribution in [0.5, 0.6) is 0 Å². The Bertz CT molecular complexity index is 760. The number of rotatable bonds is 1. The number of hydrogen-bond acceptors (Lipinski definition) is 6. The molecule has 2 aliphatic rings. The molecule has 0 spiro atoms. The van der Waals surface area contributed by atoms with E-state index in [4.69, 9.17) is 16.0 Å². The average Bonchev–Trinajstić information content (AvgIpc) is 3.01. The molecular formula is C12H9N6O2+. The van der Waals surface area contributed by atoms with E-state index in [0.29, 0.717) is 17.4 Å². The van der Waals surface area contributed by atoms with Gasteiger partial charge in [0.2, 0.25) is 0 Å². The minimum atomic E-state index is -0.745. The smallest absolute Gasteiger partial charge is 0.300 e. The van der Waals surface area contributed by atoms with Gasteiger partial charge < -0.3 is 10.2 Å². The Morgan fingerprint density at radius 1 is 1.45 bits per heavy atom. The van der Waals surface area contributed by atoms with Gasteiger partial charge in [0.15, 0.2) is 17.7 Å². The number of quaternary nitrogens is 1. The molecule has 8 heteroatoms. The van der Waals surface area contributed by atoms with Gasteiger partial charge in [0.1, 0.15) is 6.21 Å². The highest BCUT2D eigenvalue weighted by Gasteiger charge is 2.39. The maximum absolute atomic E-state index is 10.6. The van der Waals surface area contributed by atoms with Gasteiger partial charge in [-0.1, -0.05) is 0 Å². The molecule has 20 heavy (non-hydrogen) atoms. The molecule has 2 aliphatic heterocycles. The SMILES string of the molecule is NC(=O)C#CC1=C[N+]2(N)N=C(c3ccco3)N=C2C=N1. The summed E-state index contributed by atoms with van der Waals surface area (Å²) in [5.41, 5.74) is 5.23. The van der Waals surface area contributed by atoms with E-state index in [1.54, 1.807) is 12.1 Å². The van der Waals surface area contributed by atoms with Gasteiger partial charge in [0, 0.05) is 5.92 Å². The Hall–Kier alpha value is -3.02. The summed E-state index contributed by atoms with van der Waals surface area (Å²) in [5.74, 6) is 11.3. The Morgan fingerprint density at radius 3 is 3.00 bits per heavy atom. The molecule has 0 aromatic carbocycles. The van der Waals surface area contributed by atoms with Crippen LogP contribution in [0.25, 0.3) is 0 Å². The van der Waals surface area contributed by atoms with Crippen LogP contribution in [-0.2, 0) is 4.79 Å². The van der Waals surface area contributed by atoms with Crippen LogP contribution in [-0.4, -0.2) is 28.5 Å². The highest BCUT2D eigenvalue weighted by Crippen LogP contribution is 2.20. The fourth-order valence-corrected chi connectivity index (χ4v) is 1.68. The molecule has 3 heterocycles. The third kappa shape index (κ3) is 2.03. The van der Waals surface area contributed by atoms with Crippen molar-refractivity contribution < 1.29 is 13.9 Å². The fraction of sp³-hybridized carbons (Fsp3) is 0. The van der Waals surface area contributed by atoms with E-state index >= 15 is 0 Å². The van der Waals surface area contributed by atoms with Crippen LogP contribution in [0.1, 0.15) is 5.76 Å². The van der Waals surface area contributed by atoms with Crippen LogP contribution < -0.4 is 11.6 Å². The Labute approximate surface area is 113 Å². The standard InChI is InChI=1S/C12H8N6O2/c13-10(19)4-3-8-7-18(14)11(6-15-8)16-12(17-18)9-2-1-5-20-9/h1-2,5-7H,14H2,(H-,13,19)/p+1. The molecule has 0 fully saturated rings. The van der Waals surface area contributed by atoms with Crippen molar-refractivity contribution in [3.8, 4) is 11.8 Å². The van der Waals surface area contributed by atoms with Gasteiger partial charge in [-0.3, -0.25) is 4.79 Å². The van der Waals surface area contributed by atoms with Gasteiger partial charge in [-0.05, 0) is 27.9 Å². The average molecular weight is 269 g/mol. The third-order valence-electron chi connectivity index (χ3n) is 2.54. The summed E-state index contributed by atoms with van der Waals surface area (Å²) in [6.07, 6.45) is 4.42. The summed E-state index contributed by atoms with van der Waals surface area (Å²) in [6.45, 7) is 0. The zero-order valence-electron chi connectivity index (χ0n) is 10.1. The first-order valence-electron chi connectivity index (χ1n) is 5.56. The number of primary amides is 1. The largest absolute Gasteiger partial charge is 0.461 e. The molecule has 0 radical (unpaired) electrons. The molecule has 0 aliphatic carbocycles. The van der Waals surface area contributed by atoms with Crippen molar-refractivity contribution in [1.29, 1.82) is 0 Å². The van der Waals surface area contributed by atoms with E-state index in [1.807, 2.05) is 0 Å². The quantitative estimate of drug-likeness (QED) is 0.404. The zero-order chi connectivity index (χ0) is 14.2. The summed E-state index contributed by atoms with van der Waals surface area (Å²) in [6, 6.07) is 3.45. The van der Waals surface area contributed by atoms with Crippen LogP contribution in [0.15, 0.2) is 49.8 Å². The van der Waals surface area contributed by atoms with E-state index in [-0.39, 0.29) is 5.70 Å². The van der Waals surface area contributed by atoms with Gasteiger partial charge in [0.05, 0.1) is 6.26 Å². The number of furan rings is 1. The maximum atomic E-state index is 10.6. The number of nitrogens with zero attached hydrogens (tertiary/aromatic N) is 4. The first kappa shape index (κ1) is 12.0. The van der Waals surface area contributed by atoms with Crippen molar-refractivity contribution >= 4 is 23.8 Å². The lowest BCUT2D eigenvalue weighted by Gasteiger charge is -2.17. The van der Waals surface area contributed by atoms with Crippen LogP contribution in [0.2, 0.25) is 0 Å². The molecule has 0 saturated carbocycles. The number of carbonyl (C=O) groups is 1. The van der Waals surface area contributed by atoms with Crippen molar-refractivity contribution in [2.24, 2.45) is 26.7 Å². The molecule has 1 amide bonds. The van der Waals surface area contributed by atoms with Gasteiger partial charge in [-0.15, -0.1) is 5.84 Å². The third-order valence-corrected chi connectivity index (χ3v) is 2.54. The normalized spacial score (nSPS) is 23.1. The number of fused-ring (bicyclic) bond motifs is 1. The Balaban J connectivity index is 1.98. The van der Waals surface area contributed by atoms with E-state index in [0.717, 1.165) is 0 Å². The molecule has 1 aromatic heterocycles. The Kier molecular flexibility index (Phi) is 2.57. The van der Waals surface area contributed by atoms with Gasteiger partial charge in [-0.2, -0.15) is 4.99 Å². The van der Waals surface area contributed by atoms with Crippen molar-refractivity contribution in [3.05, 3.63) is 36.1 Å². The predicted octanol–water partition coefficient (Wildman–Crippen LogP) is -0.542. The maximum Gasteiger partial charge on any atom is 0.300 e. The number of hydrogen-bond donors (Lipinski definition) is 2. The second-order valence-corrected chi connectivity index (χ2v) is 4.00. The molecule has 0 saturated heterocycles. The molecule has 8 nitrogen and oxygen atoms in total. The van der Waals surface area contributed by atoms with Crippen LogP contribution in [0.4, 0.5) is 0 Å². The summed E-state index contributed by atoms with van der Waals surface area (Å²) in [5, 5.41) is 4.24. The first-order valence-corrected chi connectivity index (χ1v) is 5.56. The number of nitrogens with two attached hydrogens (primary N) is 2. The van der Waals surface area contributed by atoms with Crippen molar-refractivity contribution in [3.63, 3.8) is 0 Å². The summed E-state index contributed by atoms with van der Waals surface area (Å²) < 4.78 is 4.79. The number of amidine groups is 2. The molecule has 1 aromatic rings. The lowest BCUT2D eigenvalue weighted by atomic mass is 10.4. The molecule has 3 rings (SSSR count). The number of carbonyl (C=O) groups excluding carboxylic acids is 1. The fourth-order valence-electron chi connectivity index (χ4n) is 1.68. The highest BCUT2D eigenvalue weighted by molar-refractivity contribution is 6.31. The first-order chi connectivity index (χ1) is 9.57. The lowest BCUT2D eigenvalue weighted by molar-refractivity contribution is -0.803. The van der Waals surface area contributed by atoms with Crippen LogP contribution in [0.3, 0.4) is 0 Å². The molecule has 98 valence electrons. The second-order valence-electron chi connectivity index (χ2n) is 4.00. The van der Waals surface area contributed by atoms with Crippen molar-refractivity contribution in [1.82, 2.24) is 0 Å². The Morgan fingerprint density at radius 2 is 2.30 bits per heavy atom. The second kappa shape index (κ2) is 4.27. The summed E-state index contributed by atoms with van der Waals surface area (Å²) >= 11 is 0. The molecule has 4 N–H and O–H groups in total. The molecular weight excluding hydrogens is 260 g/mol. The minimum absolute atomic E-state index is 0.287. The summed E-state index contributed by atoms with van der Waals surface area (Å²) in [4.78, 5) is 18.9. The van der Waals surface area contributed by atoms with E-state index in [1.165, 1.54) is 18.7 Å². The topological polar surface area (TPSA) is 119 Å². The molecule has 1 atom stereocenters. The number of allylic oxidation sites excluding steroid dienone is 1. The van der Waals surface area contributed by atoms with Gasteiger partial charge >= 0.3 is 0 Å². The van der Waals surface area contributed by atoms with Gasteiger partial charge in [0.25, 0.3) is 17.6 Å². The number of aliphatic imine (C=N–C) groups is 2. The van der Waals surface area contributed by atoms with Crippen molar-refractivity contribution in [2.75, 3.05) is 0 Å². The minimum Gasteiger partial charge on any atom is -0.461 e. The lowest BCUT2D eigenvalue weighted by Crippen LogP contribution is -2.50. The van der Waals surface area contributed by atoms with Crippen LogP contribution >= 0.6 is 0 Å². The van der Waals surface area contributed by atoms with Crippen molar-refractivity contribution in [2.45, 2.75) is 0 Å². The predicted molar refractivity (Wildman–Crippen MR) is 70.7 cm³/mol. The van der Waals surface area contributed by atoms with E-state index in [9.17, 15) is 4.79 Å². The van der Waals surface area contributed by atoms with Gasteiger partial charge in [-0.25, -0.2) is 4.99 Å². The van der Waals surface area contributed by atoms with Crippen LogP contribution in [0, 0.1) is 11.8 Å². The molecule has 0 bridgehead atoms. The van der Waals surface area contributed by atoms with E-state index < -0.39 is 10.6 Å².